The zero-order chi connectivity index (χ0) is 18.0. The van der Waals surface area contributed by atoms with Crippen LogP contribution in [0.15, 0.2) is 59.4 Å². The van der Waals surface area contributed by atoms with Gasteiger partial charge in [0, 0.05) is 17.8 Å². The zero-order valence-corrected chi connectivity index (χ0v) is 14.8. The Balaban J connectivity index is 1.90. The second-order valence-corrected chi connectivity index (χ2v) is 6.31. The van der Waals surface area contributed by atoms with Gasteiger partial charge in [0.15, 0.2) is 0 Å². The third kappa shape index (κ3) is 3.86. The smallest absolute Gasteiger partial charge is 0.259 e. The van der Waals surface area contributed by atoms with Crippen molar-refractivity contribution < 1.29 is 9.13 Å². The maximum Gasteiger partial charge on any atom is 0.259 e. The lowest BCUT2D eigenvalue weighted by atomic mass is 10.2. The van der Waals surface area contributed by atoms with E-state index in [1.54, 1.807) is 43.3 Å². The lowest BCUT2D eigenvalue weighted by molar-refractivity contribution is 0.305. The van der Waals surface area contributed by atoms with Gasteiger partial charge < -0.3 is 4.74 Å². The Morgan fingerprint density at radius 2 is 1.68 bits per heavy atom. The molecule has 0 saturated carbocycles. The molecule has 0 aliphatic heterocycles. The van der Waals surface area contributed by atoms with Crippen molar-refractivity contribution in [2.45, 2.75) is 13.5 Å². The van der Waals surface area contributed by atoms with E-state index in [1.165, 1.54) is 22.8 Å². The fourth-order valence-corrected chi connectivity index (χ4v) is 3.06. The van der Waals surface area contributed by atoms with Gasteiger partial charge in [-0.2, -0.15) is 0 Å². The zero-order valence-electron chi connectivity index (χ0n) is 13.3. The first-order valence-electron chi connectivity index (χ1n) is 7.51. The van der Waals surface area contributed by atoms with Crippen LogP contribution in [0, 0.1) is 12.7 Å². The van der Waals surface area contributed by atoms with Crippen molar-refractivity contribution in [1.29, 1.82) is 0 Å². The van der Waals surface area contributed by atoms with Crippen LogP contribution in [-0.2, 0) is 6.61 Å². The minimum atomic E-state index is -0.307. The summed E-state index contributed by atoms with van der Waals surface area (Å²) in [5, 5.41) is 0.773. The fraction of sp³-hybridized carbons (Fsp3) is 0.105. The van der Waals surface area contributed by atoms with Crippen LogP contribution < -0.4 is 10.3 Å². The molecular weight excluding hydrogens is 364 g/mol. The number of aryl methyl sites for hydroxylation is 1. The molecule has 3 nitrogen and oxygen atoms in total. The predicted molar refractivity (Wildman–Crippen MR) is 97.5 cm³/mol. The lowest BCUT2D eigenvalue weighted by Crippen LogP contribution is -2.20. The molecular formula is C19H14Cl2FNO2. The van der Waals surface area contributed by atoms with Gasteiger partial charge in [-0.3, -0.25) is 9.36 Å². The summed E-state index contributed by atoms with van der Waals surface area (Å²) in [5.41, 5.74) is 1.58. The molecule has 0 atom stereocenters. The Hall–Kier alpha value is -2.30. The summed E-state index contributed by atoms with van der Waals surface area (Å²) in [5.74, 6) is 0.116. The average Bonchev–Trinajstić information content (AvgIpc) is 2.56. The molecule has 2 aromatic carbocycles. The second kappa shape index (κ2) is 7.30. The maximum absolute atomic E-state index is 12.9. The van der Waals surface area contributed by atoms with Crippen molar-refractivity contribution in [2.24, 2.45) is 0 Å². The van der Waals surface area contributed by atoms with Gasteiger partial charge >= 0.3 is 0 Å². The van der Waals surface area contributed by atoms with Gasteiger partial charge in [-0.05, 0) is 36.8 Å². The van der Waals surface area contributed by atoms with Crippen LogP contribution >= 0.6 is 23.2 Å². The topological polar surface area (TPSA) is 31.2 Å². The molecule has 0 aliphatic carbocycles. The minimum Gasteiger partial charge on any atom is -0.489 e. The van der Waals surface area contributed by atoms with Gasteiger partial charge in [0.05, 0.1) is 15.7 Å². The van der Waals surface area contributed by atoms with Crippen LogP contribution in [0.25, 0.3) is 5.69 Å². The lowest BCUT2D eigenvalue weighted by Gasteiger charge is -2.15. The molecule has 1 heterocycles. The molecule has 0 fully saturated rings. The molecule has 0 radical (unpaired) electrons. The average molecular weight is 378 g/mol. The quantitative estimate of drug-likeness (QED) is 0.627. The first kappa shape index (κ1) is 17.5. The Labute approximate surface area is 154 Å². The van der Waals surface area contributed by atoms with Gasteiger partial charge in [-0.15, -0.1) is 0 Å². The van der Waals surface area contributed by atoms with Crippen LogP contribution in [-0.4, -0.2) is 4.57 Å². The molecule has 25 heavy (non-hydrogen) atoms. The SMILES string of the molecule is Cc1cc(OCc2ccc(F)cc2)cc(=O)n1-c1c(Cl)cccc1Cl. The normalized spacial score (nSPS) is 10.7. The molecule has 6 heteroatoms. The number of para-hydroxylation sites is 1. The highest BCUT2D eigenvalue weighted by Gasteiger charge is 2.13. The highest BCUT2D eigenvalue weighted by atomic mass is 35.5. The van der Waals surface area contributed by atoms with E-state index in [0.717, 1.165) is 5.56 Å². The maximum atomic E-state index is 12.9. The number of ether oxygens (including phenoxy) is 1. The number of benzene rings is 2. The largest absolute Gasteiger partial charge is 0.489 e. The molecule has 0 unspecified atom stereocenters. The van der Waals surface area contributed by atoms with E-state index in [-0.39, 0.29) is 18.0 Å². The summed E-state index contributed by atoms with van der Waals surface area (Å²) in [6, 6.07) is 14.2. The minimum absolute atomic E-state index is 0.232. The first-order valence-corrected chi connectivity index (χ1v) is 8.26. The summed E-state index contributed by atoms with van der Waals surface area (Å²) in [6.45, 7) is 2.00. The van der Waals surface area contributed by atoms with E-state index in [0.29, 0.717) is 27.2 Å². The molecule has 0 spiro atoms. The summed E-state index contributed by atoms with van der Waals surface area (Å²) in [4.78, 5) is 12.5. The molecule has 1 aromatic heterocycles. The standard InChI is InChI=1S/C19H14Cl2FNO2/c1-12-9-15(25-11-13-5-7-14(22)8-6-13)10-18(24)23(12)19-16(20)3-2-4-17(19)21/h2-10H,11H2,1H3. The highest BCUT2D eigenvalue weighted by Crippen LogP contribution is 2.28. The number of nitrogens with zero attached hydrogens (tertiary/aromatic N) is 1. The van der Waals surface area contributed by atoms with E-state index < -0.39 is 0 Å². The summed E-state index contributed by atoms with van der Waals surface area (Å²) < 4.78 is 20.0. The Morgan fingerprint density at radius 1 is 1.04 bits per heavy atom. The Kier molecular flexibility index (Phi) is 5.11. The molecule has 3 rings (SSSR count). The van der Waals surface area contributed by atoms with Crippen molar-refractivity contribution in [3.8, 4) is 11.4 Å². The molecule has 0 N–H and O–H groups in total. The van der Waals surface area contributed by atoms with Gasteiger partial charge in [-0.25, -0.2) is 4.39 Å². The molecule has 0 amide bonds. The van der Waals surface area contributed by atoms with E-state index >= 15 is 0 Å². The number of hydrogen-bond acceptors (Lipinski definition) is 2. The van der Waals surface area contributed by atoms with Crippen LogP contribution in [0.1, 0.15) is 11.3 Å². The van der Waals surface area contributed by atoms with Crippen LogP contribution in [0.4, 0.5) is 4.39 Å². The molecule has 0 aliphatic rings. The van der Waals surface area contributed by atoms with Crippen molar-refractivity contribution in [3.05, 3.63) is 92.1 Å². The highest BCUT2D eigenvalue weighted by molar-refractivity contribution is 6.37. The number of rotatable bonds is 4. The molecule has 0 bridgehead atoms. The fourth-order valence-electron chi connectivity index (χ4n) is 2.49. The number of halogens is 3. The van der Waals surface area contributed by atoms with E-state index in [9.17, 15) is 9.18 Å². The summed E-state index contributed by atoms with van der Waals surface area (Å²) in [6.07, 6.45) is 0. The van der Waals surface area contributed by atoms with Crippen LogP contribution in [0.3, 0.4) is 0 Å². The third-order valence-electron chi connectivity index (χ3n) is 3.67. The van der Waals surface area contributed by atoms with Gasteiger partial charge in [-0.1, -0.05) is 41.4 Å². The number of hydrogen-bond donors (Lipinski definition) is 0. The number of aromatic nitrogens is 1. The van der Waals surface area contributed by atoms with Crippen LogP contribution in [0.5, 0.6) is 5.75 Å². The van der Waals surface area contributed by atoms with Gasteiger partial charge in [0.25, 0.3) is 5.56 Å². The third-order valence-corrected chi connectivity index (χ3v) is 4.28. The van der Waals surface area contributed by atoms with E-state index in [1.807, 2.05) is 0 Å². The van der Waals surface area contributed by atoms with Crippen molar-refractivity contribution in [2.75, 3.05) is 0 Å². The number of pyridine rings is 1. The second-order valence-electron chi connectivity index (χ2n) is 5.49. The van der Waals surface area contributed by atoms with Crippen LogP contribution in [0.2, 0.25) is 10.0 Å². The van der Waals surface area contributed by atoms with Crippen molar-refractivity contribution in [3.63, 3.8) is 0 Å². The van der Waals surface area contributed by atoms with Crippen molar-refractivity contribution in [1.82, 2.24) is 4.57 Å². The molecule has 0 saturated heterocycles. The molecule has 128 valence electrons. The monoisotopic (exact) mass is 377 g/mol. The Bertz CT molecular complexity index is 948. The van der Waals surface area contributed by atoms with E-state index in [4.69, 9.17) is 27.9 Å². The first-order chi connectivity index (χ1) is 12.0. The molecule has 3 aromatic rings. The predicted octanol–water partition coefficient (Wildman–Crippen LogP) is 5.17. The van der Waals surface area contributed by atoms with E-state index in [2.05, 4.69) is 0 Å². The van der Waals surface area contributed by atoms with Gasteiger partial charge in [0.2, 0.25) is 0 Å². The van der Waals surface area contributed by atoms with Gasteiger partial charge in [0.1, 0.15) is 18.2 Å². The Morgan fingerprint density at radius 3 is 2.28 bits per heavy atom. The van der Waals surface area contributed by atoms with Crippen molar-refractivity contribution >= 4 is 23.2 Å². The summed E-state index contributed by atoms with van der Waals surface area (Å²) >= 11 is 12.4. The summed E-state index contributed by atoms with van der Waals surface area (Å²) in [7, 11) is 0.